The van der Waals surface area contributed by atoms with Crippen molar-refractivity contribution in [1.82, 2.24) is 0 Å². The van der Waals surface area contributed by atoms with Gasteiger partial charge in [0.1, 0.15) is 6.61 Å². The van der Waals surface area contributed by atoms with Crippen LogP contribution in [0.1, 0.15) is 133 Å². The van der Waals surface area contributed by atoms with E-state index in [9.17, 15) is 4.79 Å². The summed E-state index contributed by atoms with van der Waals surface area (Å²) in [6, 6.07) is 10.6. The molecule has 2 nitrogen and oxygen atoms in total. The van der Waals surface area contributed by atoms with Gasteiger partial charge in [0.2, 0.25) is 0 Å². The van der Waals surface area contributed by atoms with Crippen molar-refractivity contribution in [1.29, 1.82) is 0 Å². The van der Waals surface area contributed by atoms with Crippen molar-refractivity contribution in [2.24, 2.45) is 0 Å². The largest absolute Gasteiger partial charge is 0.461 e. The average Bonchev–Trinajstić information content (AvgIpc) is 3.16. The van der Waals surface area contributed by atoms with Gasteiger partial charge >= 0.3 is 5.97 Å². The van der Waals surface area contributed by atoms with Crippen molar-refractivity contribution in [3.63, 3.8) is 0 Å². The number of carbonyl (C=O) groups is 1. The molecule has 0 aliphatic heterocycles. The molecule has 0 amide bonds. The minimum Gasteiger partial charge on any atom is -0.461 e. The third-order valence-corrected chi connectivity index (χ3v) is 7.19. The van der Waals surface area contributed by atoms with E-state index in [4.69, 9.17) is 4.74 Å². The number of hydrogen-bond donors (Lipinski definition) is 0. The number of fused-ring (bicyclic) bond motifs is 1. The smallest absolute Gasteiger partial charge is 0.306 e. The van der Waals surface area contributed by atoms with Gasteiger partial charge in [0.05, 0.1) is 0 Å². The summed E-state index contributed by atoms with van der Waals surface area (Å²) in [6.07, 6.45) is 20.5. The van der Waals surface area contributed by atoms with Crippen LogP contribution in [0, 0.1) is 6.92 Å². The minimum atomic E-state index is -0.0776. The number of carbonyl (C=O) groups excluding carboxylic acids is 1. The lowest BCUT2D eigenvalue weighted by Crippen LogP contribution is -2.04. The molecule has 0 fully saturated rings. The van der Waals surface area contributed by atoms with Crippen LogP contribution in [0.2, 0.25) is 0 Å². The van der Waals surface area contributed by atoms with Crippen molar-refractivity contribution in [2.75, 3.05) is 0 Å². The zero-order valence-corrected chi connectivity index (χ0v) is 22.9. The molecule has 2 heteroatoms. The lowest BCUT2D eigenvalue weighted by Gasteiger charge is -2.07. The van der Waals surface area contributed by atoms with Crippen LogP contribution >= 0.6 is 0 Å². The molecule has 0 unspecified atom stereocenters. The number of hydrogen-bond acceptors (Lipinski definition) is 2. The van der Waals surface area contributed by atoms with E-state index in [1.54, 1.807) is 0 Å². The molecule has 0 aromatic rings. The predicted octanol–water partition coefficient (Wildman–Crippen LogP) is 10.4. The number of unbranched alkanes of at least 4 members (excludes halogenated alkanes) is 14. The summed E-state index contributed by atoms with van der Waals surface area (Å²) in [7, 11) is 0. The van der Waals surface area contributed by atoms with Gasteiger partial charge in [0.15, 0.2) is 0 Å². The SMILES string of the molecule is C=C(C)c1ccc(C)c2ccc(COC(=O)CCCCCCCCCCCCCCCCC)c-2c1. The van der Waals surface area contributed by atoms with Gasteiger partial charge < -0.3 is 4.74 Å². The molecule has 0 atom stereocenters. The van der Waals surface area contributed by atoms with Gasteiger partial charge in [-0.3, -0.25) is 4.79 Å². The first kappa shape index (κ1) is 29.1. The monoisotopic (exact) mass is 478 g/mol. The molecule has 0 N–H and O–H groups in total. The van der Waals surface area contributed by atoms with Crippen LogP contribution in [0.25, 0.3) is 16.7 Å². The molecule has 0 bridgehead atoms. The summed E-state index contributed by atoms with van der Waals surface area (Å²) >= 11 is 0. The molecule has 0 saturated carbocycles. The first-order chi connectivity index (χ1) is 17.0. The maximum Gasteiger partial charge on any atom is 0.306 e. The van der Waals surface area contributed by atoms with Crippen LogP contribution < -0.4 is 0 Å². The first-order valence-electron chi connectivity index (χ1n) is 14.4. The van der Waals surface area contributed by atoms with E-state index in [1.165, 1.54) is 94.6 Å². The number of rotatable bonds is 19. The topological polar surface area (TPSA) is 26.3 Å². The fourth-order valence-corrected chi connectivity index (χ4v) is 4.82. The van der Waals surface area contributed by atoms with Crippen molar-refractivity contribution in [3.05, 3.63) is 53.6 Å². The second-order valence-corrected chi connectivity index (χ2v) is 10.4. The average molecular weight is 479 g/mol. The van der Waals surface area contributed by atoms with Crippen LogP contribution in [-0.4, -0.2) is 5.97 Å². The highest BCUT2D eigenvalue weighted by atomic mass is 16.5. The van der Waals surface area contributed by atoms with Crippen LogP contribution in [0.15, 0.2) is 36.9 Å². The van der Waals surface area contributed by atoms with Crippen LogP contribution in [0.3, 0.4) is 0 Å². The van der Waals surface area contributed by atoms with Crippen molar-refractivity contribution in [3.8, 4) is 11.1 Å². The van der Waals surface area contributed by atoms with E-state index in [0.717, 1.165) is 35.1 Å². The Bertz CT molecular complexity index is 850. The zero-order valence-electron chi connectivity index (χ0n) is 22.9. The third-order valence-electron chi connectivity index (χ3n) is 7.19. The molecular weight excluding hydrogens is 428 g/mol. The van der Waals surface area contributed by atoms with Crippen molar-refractivity contribution in [2.45, 2.75) is 130 Å². The van der Waals surface area contributed by atoms with E-state index in [0.29, 0.717) is 13.0 Å². The van der Waals surface area contributed by atoms with Gasteiger partial charge in [-0.15, -0.1) is 0 Å². The fraction of sp³-hybridized carbons (Fsp3) is 0.606. The molecule has 35 heavy (non-hydrogen) atoms. The Morgan fingerprint density at radius 3 is 1.83 bits per heavy atom. The molecule has 2 aliphatic rings. The lowest BCUT2D eigenvalue weighted by molar-refractivity contribution is -0.145. The number of allylic oxidation sites excluding steroid dienone is 1. The zero-order chi connectivity index (χ0) is 25.3. The quantitative estimate of drug-likeness (QED) is 0.148. The van der Waals surface area contributed by atoms with E-state index in [2.05, 4.69) is 50.8 Å². The summed E-state index contributed by atoms with van der Waals surface area (Å²) in [5, 5.41) is 0. The molecular formula is C33H50O2. The van der Waals surface area contributed by atoms with Crippen molar-refractivity contribution < 1.29 is 9.53 Å². The second kappa shape index (κ2) is 17.4. The predicted molar refractivity (Wildman–Crippen MR) is 152 cm³/mol. The molecule has 0 radical (unpaired) electrons. The van der Waals surface area contributed by atoms with Gasteiger partial charge in [0, 0.05) is 6.42 Å². The molecule has 0 aromatic carbocycles. The van der Waals surface area contributed by atoms with Crippen LogP contribution in [-0.2, 0) is 16.1 Å². The van der Waals surface area contributed by atoms with E-state index < -0.39 is 0 Å². The van der Waals surface area contributed by atoms with Gasteiger partial charge in [-0.2, -0.15) is 0 Å². The molecule has 0 heterocycles. The maximum atomic E-state index is 12.3. The third kappa shape index (κ3) is 11.5. The summed E-state index contributed by atoms with van der Waals surface area (Å²) in [5.74, 6) is -0.0776. The normalized spacial score (nSPS) is 11.2. The Labute approximate surface area is 215 Å². The molecule has 194 valence electrons. The van der Waals surface area contributed by atoms with E-state index >= 15 is 0 Å². The summed E-state index contributed by atoms with van der Waals surface area (Å²) in [6.45, 7) is 10.9. The van der Waals surface area contributed by atoms with Gasteiger partial charge in [-0.25, -0.2) is 0 Å². The number of aryl methyl sites for hydroxylation is 1. The highest BCUT2D eigenvalue weighted by molar-refractivity contribution is 5.78. The summed E-state index contributed by atoms with van der Waals surface area (Å²) < 4.78 is 5.62. The summed E-state index contributed by atoms with van der Waals surface area (Å²) in [5.41, 5.74) is 6.84. The minimum absolute atomic E-state index is 0.0776. The Balaban J connectivity index is 1.52. The second-order valence-electron chi connectivity index (χ2n) is 10.4. The van der Waals surface area contributed by atoms with Gasteiger partial charge in [-0.05, 0) is 54.2 Å². The Hall–Kier alpha value is -2.09. The maximum absolute atomic E-state index is 12.3. The summed E-state index contributed by atoms with van der Waals surface area (Å²) in [4.78, 5) is 12.3. The molecule has 2 rings (SSSR count). The highest BCUT2D eigenvalue weighted by Crippen LogP contribution is 2.32. The first-order valence-corrected chi connectivity index (χ1v) is 14.4. The highest BCUT2D eigenvalue weighted by Gasteiger charge is 2.13. The molecule has 0 aromatic heterocycles. The van der Waals surface area contributed by atoms with Gasteiger partial charge in [-0.1, -0.05) is 133 Å². The van der Waals surface area contributed by atoms with Crippen molar-refractivity contribution >= 4 is 11.5 Å². The Kier molecular flexibility index (Phi) is 14.5. The number of ether oxygens (including phenoxy) is 1. The number of esters is 1. The molecule has 2 aliphatic carbocycles. The van der Waals surface area contributed by atoms with E-state index in [-0.39, 0.29) is 5.97 Å². The Morgan fingerprint density at radius 2 is 1.29 bits per heavy atom. The molecule has 0 spiro atoms. The molecule has 0 saturated heterocycles. The lowest BCUT2D eigenvalue weighted by atomic mass is 10.0. The van der Waals surface area contributed by atoms with Crippen LogP contribution in [0.4, 0.5) is 0 Å². The fourth-order valence-electron chi connectivity index (χ4n) is 4.82. The Morgan fingerprint density at radius 1 is 0.743 bits per heavy atom. The van der Waals surface area contributed by atoms with E-state index in [1.807, 2.05) is 6.92 Å². The van der Waals surface area contributed by atoms with Gasteiger partial charge in [0.25, 0.3) is 0 Å². The standard InChI is InChI=1S/C33H50O2/c1-5-6-7-8-9-10-11-12-13-14-15-16-17-18-19-20-33(34)35-26-30-23-24-31-28(4)21-22-29(27(2)3)25-32(30)31/h21-25H,2,5-20,26H2,1,3-4H3. The van der Waals surface area contributed by atoms with Crippen LogP contribution in [0.5, 0.6) is 0 Å².